The molecule has 2 aromatic heterocycles. The van der Waals surface area contributed by atoms with Crippen LogP contribution in [0.3, 0.4) is 0 Å². The first-order chi connectivity index (χ1) is 21.1. The van der Waals surface area contributed by atoms with E-state index in [0.29, 0.717) is 22.5 Å². The van der Waals surface area contributed by atoms with Crippen LogP contribution < -0.4 is 27.0 Å². The molecule has 11 nitrogen and oxygen atoms in total. The molecule has 3 N–H and O–H groups in total. The summed E-state index contributed by atoms with van der Waals surface area (Å²) in [5, 5.41) is 6.18. The van der Waals surface area contributed by atoms with Crippen molar-refractivity contribution in [3.63, 3.8) is 0 Å². The van der Waals surface area contributed by atoms with Gasteiger partial charge < -0.3 is 20.7 Å². The van der Waals surface area contributed by atoms with E-state index in [4.69, 9.17) is 10.5 Å². The number of nitrogens with one attached hydrogen (secondary N) is 1. The highest BCUT2D eigenvalue weighted by Gasteiger charge is 2.21. The molecule has 13 heteroatoms. The van der Waals surface area contributed by atoms with E-state index in [-0.39, 0.29) is 28.7 Å². The first-order valence-corrected chi connectivity index (χ1v) is 13.8. The number of carbonyl (C=O) groups is 1. The van der Waals surface area contributed by atoms with Gasteiger partial charge in [0.2, 0.25) is 5.69 Å². The van der Waals surface area contributed by atoms with E-state index in [2.05, 4.69) is 39.2 Å². The van der Waals surface area contributed by atoms with E-state index in [1.165, 1.54) is 43.6 Å². The fourth-order valence-electron chi connectivity index (χ4n) is 4.72. The number of nitrogen functional groups attached to an aromatic ring is 1. The number of rotatable bonds is 6. The lowest BCUT2D eigenvalue weighted by atomic mass is 9.94. The number of amides is 1. The number of ether oxygens (including phenoxy) is 1. The zero-order valence-corrected chi connectivity index (χ0v) is 24.0. The minimum atomic E-state index is -1.03. The molecule has 1 aliphatic heterocycles. The number of halogens is 2. The van der Waals surface area contributed by atoms with Crippen LogP contribution in [0.2, 0.25) is 0 Å². The molecule has 1 fully saturated rings. The molecule has 1 aliphatic rings. The Morgan fingerprint density at radius 1 is 1.07 bits per heavy atom. The number of aromatic nitrogens is 4. The SMILES string of the molecule is CN1CCC(CC#Cc2c(Oc3ccc(NC(=O)c4nn(C)c(=O)n(-c5ccc(F)cc5)c4=O)cc3F)ccnc2N)CC1. The summed E-state index contributed by atoms with van der Waals surface area (Å²) in [5.41, 5.74) is 3.94. The van der Waals surface area contributed by atoms with Gasteiger partial charge in [0.05, 0.1) is 5.69 Å². The van der Waals surface area contributed by atoms with Crippen LogP contribution in [0, 0.1) is 29.4 Å². The van der Waals surface area contributed by atoms with E-state index >= 15 is 4.39 Å². The molecule has 0 aliphatic carbocycles. The fraction of sp³-hybridized carbons (Fsp3) is 0.258. The van der Waals surface area contributed by atoms with E-state index in [1.807, 2.05) is 0 Å². The molecule has 2 aromatic carbocycles. The summed E-state index contributed by atoms with van der Waals surface area (Å²) in [7, 11) is 3.35. The van der Waals surface area contributed by atoms with Crippen molar-refractivity contribution in [2.45, 2.75) is 19.3 Å². The van der Waals surface area contributed by atoms with Crippen molar-refractivity contribution in [1.82, 2.24) is 24.2 Å². The lowest BCUT2D eigenvalue weighted by molar-refractivity contribution is 0.101. The van der Waals surface area contributed by atoms with Crippen LogP contribution in [0.25, 0.3) is 5.69 Å². The van der Waals surface area contributed by atoms with E-state index < -0.39 is 34.5 Å². The molecule has 4 aromatic rings. The first kappa shape index (κ1) is 30.1. The summed E-state index contributed by atoms with van der Waals surface area (Å²) in [6.07, 6.45) is 4.25. The number of likely N-dealkylation sites (tertiary alicyclic amines) is 1. The number of hydrogen-bond acceptors (Lipinski definition) is 8. The second-order valence-electron chi connectivity index (χ2n) is 10.4. The topological polar surface area (TPSA) is 137 Å². The van der Waals surface area contributed by atoms with Gasteiger partial charge in [-0.05, 0) is 75.3 Å². The Labute approximate surface area is 250 Å². The highest BCUT2D eigenvalue weighted by Crippen LogP contribution is 2.31. The Kier molecular flexibility index (Phi) is 8.82. The summed E-state index contributed by atoms with van der Waals surface area (Å²) in [4.78, 5) is 45.0. The van der Waals surface area contributed by atoms with Crippen LogP contribution in [-0.4, -0.2) is 50.3 Å². The van der Waals surface area contributed by atoms with Gasteiger partial charge in [0, 0.05) is 37.5 Å². The lowest BCUT2D eigenvalue weighted by Crippen LogP contribution is -2.43. The zero-order chi connectivity index (χ0) is 31.4. The van der Waals surface area contributed by atoms with Crippen molar-refractivity contribution in [2.75, 3.05) is 31.2 Å². The van der Waals surface area contributed by atoms with Crippen LogP contribution in [0.1, 0.15) is 35.3 Å². The molecule has 44 heavy (non-hydrogen) atoms. The molecule has 3 heterocycles. The summed E-state index contributed by atoms with van der Waals surface area (Å²) >= 11 is 0. The van der Waals surface area contributed by atoms with Crippen molar-refractivity contribution in [3.8, 4) is 29.0 Å². The van der Waals surface area contributed by atoms with Crippen molar-refractivity contribution in [3.05, 3.63) is 98.5 Å². The molecular formula is C31H29F2N7O4. The second kappa shape index (κ2) is 12.9. The third-order valence-electron chi connectivity index (χ3n) is 7.22. The van der Waals surface area contributed by atoms with Gasteiger partial charge in [-0.15, -0.1) is 0 Å². The predicted molar refractivity (Wildman–Crippen MR) is 160 cm³/mol. The molecule has 5 rings (SSSR count). The summed E-state index contributed by atoms with van der Waals surface area (Å²) in [6, 6.07) is 9.77. The number of aryl methyl sites for hydroxylation is 1. The van der Waals surface area contributed by atoms with Crippen LogP contribution in [0.15, 0.2) is 64.3 Å². The van der Waals surface area contributed by atoms with Crippen LogP contribution in [0.4, 0.5) is 20.3 Å². The van der Waals surface area contributed by atoms with Crippen LogP contribution >= 0.6 is 0 Å². The molecule has 0 saturated carbocycles. The van der Waals surface area contributed by atoms with Gasteiger partial charge in [-0.1, -0.05) is 11.8 Å². The highest BCUT2D eigenvalue weighted by molar-refractivity contribution is 6.02. The summed E-state index contributed by atoms with van der Waals surface area (Å²) in [6.45, 7) is 2.06. The smallest absolute Gasteiger partial charge is 0.351 e. The number of carbonyl (C=O) groups excluding carboxylic acids is 1. The van der Waals surface area contributed by atoms with Gasteiger partial charge >= 0.3 is 5.69 Å². The number of nitrogens with zero attached hydrogens (tertiary/aromatic N) is 5. The van der Waals surface area contributed by atoms with Crippen molar-refractivity contribution < 1.29 is 18.3 Å². The minimum absolute atomic E-state index is 0.00406. The Balaban J connectivity index is 1.33. The first-order valence-electron chi connectivity index (χ1n) is 13.8. The number of benzene rings is 2. The third-order valence-corrected chi connectivity index (χ3v) is 7.22. The zero-order valence-electron chi connectivity index (χ0n) is 24.0. The van der Waals surface area contributed by atoms with Gasteiger partial charge in [-0.2, -0.15) is 5.10 Å². The minimum Gasteiger partial charge on any atom is -0.453 e. The van der Waals surface area contributed by atoms with Gasteiger partial charge in [0.25, 0.3) is 11.5 Å². The largest absolute Gasteiger partial charge is 0.453 e. The van der Waals surface area contributed by atoms with E-state index in [1.54, 1.807) is 0 Å². The number of piperidine rings is 1. The number of anilines is 2. The average molecular weight is 602 g/mol. The molecule has 1 amide bonds. The third kappa shape index (κ3) is 6.66. The average Bonchev–Trinajstić information content (AvgIpc) is 2.99. The Hall–Kier alpha value is -5.35. The van der Waals surface area contributed by atoms with Crippen molar-refractivity contribution in [1.29, 1.82) is 0 Å². The standard InChI is InChI=1S/C31H29F2N7O4/c1-38-16-13-19(14-17-38)4-3-5-23-25(12-15-35-28(23)34)44-26-11-8-21(18-24(26)33)36-29(41)27-30(42)40(31(43)39(2)37-27)22-9-6-20(32)7-10-22/h6-12,15,18-19H,4,13-14,16-17H2,1-2H3,(H2,34,35)(H,36,41). The highest BCUT2D eigenvalue weighted by atomic mass is 19.1. The summed E-state index contributed by atoms with van der Waals surface area (Å²) in [5.74, 6) is 4.52. The fourth-order valence-corrected chi connectivity index (χ4v) is 4.72. The van der Waals surface area contributed by atoms with Crippen molar-refractivity contribution >= 4 is 17.4 Å². The quantitative estimate of drug-likeness (QED) is 0.321. The maximum atomic E-state index is 15.1. The van der Waals surface area contributed by atoms with Gasteiger partial charge in [0.1, 0.15) is 22.9 Å². The maximum absolute atomic E-state index is 15.1. The molecule has 1 saturated heterocycles. The number of nitrogens with two attached hydrogens (primary N) is 1. The van der Waals surface area contributed by atoms with E-state index in [0.717, 1.165) is 48.8 Å². The van der Waals surface area contributed by atoms with Crippen molar-refractivity contribution in [2.24, 2.45) is 13.0 Å². The second-order valence-corrected chi connectivity index (χ2v) is 10.4. The monoisotopic (exact) mass is 601 g/mol. The van der Waals surface area contributed by atoms with Crippen LogP contribution in [-0.2, 0) is 7.05 Å². The number of pyridine rings is 1. The molecule has 0 bridgehead atoms. The molecule has 226 valence electrons. The van der Waals surface area contributed by atoms with Crippen LogP contribution in [0.5, 0.6) is 11.5 Å². The summed E-state index contributed by atoms with van der Waals surface area (Å²) < 4.78 is 35.8. The maximum Gasteiger partial charge on any atom is 0.351 e. The molecule has 0 unspecified atom stereocenters. The normalized spacial score (nSPS) is 13.6. The Bertz CT molecular complexity index is 1890. The van der Waals surface area contributed by atoms with E-state index in [9.17, 15) is 18.8 Å². The lowest BCUT2D eigenvalue weighted by Gasteiger charge is -2.27. The Morgan fingerprint density at radius 2 is 1.80 bits per heavy atom. The Morgan fingerprint density at radius 3 is 2.50 bits per heavy atom. The predicted octanol–water partition coefficient (Wildman–Crippen LogP) is 3.31. The molecule has 0 spiro atoms. The number of hydrogen-bond donors (Lipinski definition) is 2. The van der Waals surface area contributed by atoms with Gasteiger partial charge in [-0.25, -0.2) is 27.8 Å². The van der Waals surface area contributed by atoms with Gasteiger partial charge in [-0.3, -0.25) is 9.59 Å². The molecule has 0 atom stereocenters. The van der Waals surface area contributed by atoms with Gasteiger partial charge in [0.15, 0.2) is 11.6 Å². The molecule has 0 radical (unpaired) electrons. The molecular weight excluding hydrogens is 572 g/mol.